The van der Waals surface area contributed by atoms with E-state index < -0.39 is 5.60 Å². The number of nitrogen functional groups attached to an aromatic ring is 1. The number of carbonyl (C=O) groups excluding carboxylic acids is 1. The van der Waals surface area contributed by atoms with Gasteiger partial charge in [0.1, 0.15) is 10.4 Å². The number of nitrogens with two attached hydrogens (primary N) is 1. The maximum atomic E-state index is 12.4. The molecule has 5 nitrogen and oxygen atoms in total. The van der Waals surface area contributed by atoms with E-state index in [2.05, 4.69) is 4.98 Å². The Balaban J connectivity index is 1.96. The van der Waals surface area contributed by atoms with Gasteiger partial charge in [0.05, 0.1) is 16.0 Å². The predicted molar refractivity (Wildman–Crippen MR) is 75.2 cm³/mol. The fourth-order valence-corrected chi connectivity index (χ4v) is 3.42. The van der Waals surface area contributed by atoms with Gasteiger partial charge < -0.3 is 15.7 Å². The lowest BCUT2D eigenvalue weighted by molar-refractivity contribution is 0.0575. The van der Waals surface area contributed by atoms with Crippen LogP contribution in [0.5, 0.6) is 0 Å². The minimum Gasteiger partial charge on any atom is -0.396 e. The Labute approximate surface area is 114 Å². The number of amides is 1. The maximum absolute atomic E-state index is 12.4. The predicted octanol–water partition coefficient (Wildman–Crippen LogP) is 1.48. The second kappa shape index (κ2) is 4.18. The summed E-state index contributed by atoms with van der Waals surface area (Å²) in [5.74, 6) is -0.113. The van der Waals surface area contributed by atoms with Crippen LogP contribution in [0.25, 0.3) is 10.2 Å². The van der Waals surface area contributed by atoms with Gasteiger partial charge in [-0.15, -0.1) is 11.3 Å². The zero-order valence-corrected chi connectivity index (χ0v) is 11.4. The smallest absolute Gasteiger partial charge is 0.266 e. The number of pyridine rings is 1. The Bertz CT molecular complexity index is 650. The second-order valence-corrected chi connectivity index (χ2v) is 6.22. The first kappa shape index (κ1) is 12.4. The van der Waals surface area contributed by atoms with Crippen LogP contribution in [0.2, 0.25) is 0 Å². The first-order valence-electron chi connectivity index (χ1n) is 6.12. The minimum atomic E-state index is -0.792. The average Bonchev–Trinajstić information content (AvgIpc) is 2.90. The van der Waals surface area contributed by atoms with Gasteiger partial charge in [-0.3, -0.25) is 9.78 Å². The average molecular weight is 277 g/mol. The molecule has 19 heavy (non-hydrogen) atoms. The van der Waals surface area contributed by atoms with E-state index >= 15 is 0 Å². The first-order chi connectivity index (χ1) is 8.98. The van der Waals surface area contributed by atoms with Crippen molar-refractivity contribution in [1.82, 2.24) is 9.88 Å². The molecule has 0 saturated carbocycles. The van der Waals surface area contributed by atoms with E-state index in [1.54, 1.807) is 18.0 Å². The highest BCUT2D eigenvalue weighted by Gasteiger charge is 2.35. The number of carbonyl (C=O) groups is 1. The summed E-state index contributed by atoms with van der Waals surface area (Å²) in [7, 11) is 0. The zero-order valence-electron chi connectivity index (χ0n) is 10.6. The van der Waals surface area contributed by atoms with Gasteiger partial charge in [-0.05, 0) is 25.5 Å². The maximum Gasteiger partial charge on any atom is 0.266 e. The molecule has 100 valence electrons. The highest BCUT2D eigenvalue weighted by atomic mass is 32.1. The van der Waals surface area contributed by atoms with Gasteiger partial charge in [0.15, 0.2) is 0 Å². The Hall–Kier alpha value is -1.66. The molecule has 2 aromatic heterocycles. The van der Waals surface area contributed by atoms with E-state index in [1.807, 2.05) is 12.1 Å². The van der Waals surface area contributed by atoms with Crippen LogP contribution >= 0.6 is 11.3 Å². The molecule has 0 radical (unpaired) electrons. The van der Waals surface area contributed by atoms with Crippen LogP contribution in [-0.4, -0.2) is 39.6 Å². The third kappa shape index (κ3) is 2.06. The fourth-order valence-electron chi connectivity index (χ4n) is 2.37. The van der Waals surface area contributed by atoms with Crippen molar-refractivity contribution in [3.8, 4) is 0 Å². The molecule has 1 amide bonds. The fraction of sp³-hybridized carbons (Fsp3) is 0.385. The summed E-state index contributed by atoms with van der Waals surface area (Å²) in [5.41, 5.74) is 6.34. The van der Waals surface area contributed by atoms with Crippen molar-refractivity contribution in [2.45, 2.75) is 18.9 Å². The Morgan fingerprint density at radius 2 is 2.42 bits per heavy atom. The molecule has 0 aromatic carbocycles. The summed E-state index contributed by atoms with van der Waals surface area (Å²) < 4.78 is 0.911. The number of aliphatic hydroxyl groups is 1. The number of fused-ring (bicyclic) bond motifs is 1. The van der Waals surface area contributed by atoms with Gasteiger partial charge >= 0.3 is 0 Å². The van der Waals surface area contributed by atoms with E-state index in [1.165, 1.54) is 11.3 Å². The van der Waals surface area contributed by atoms with Crippen LogP contribution in [-0.2, 0) is 0 Å². The molecule has 1 atom stereocenters. The van der Waals surface area contributed by atoms with Crippen LogP contribution in [0, 0.1) is 0 Å². The highest BCUT2D eigenvalue weighted by molar-refractivity contribution is 7.21. The summed E-state index contributed by atoms with van der Waals surface area (Å²) >= 11 is 1.36. The molecule has 3 rings (SSSR count). The van der Waals surface area contributed by atoms with Crippen molar-refractivity contribution >= 4 is 33.1 Å². The van der Waals surface area contributed by atoms with Crippen molar-refractivity contribution in [1.29, 1.82) is 0 Å². The number of β-amino-alcohol motifs (C(OH)–C–C–N with tert-alkyl or cyclic N) is 1. The molecule has 3 N–H and O–H groups in total. The molecule has 2 aromatic rings. The summed E-state index contributed by atoms with van der Waals surface area (Å²) in [6.07, 6.45) is 2.27. The lowest BCUT2D eigenvalue weighted by Gasteiger charge is -2.18. The second-order valence-electron chi connectivity index (χ2n) is 5.17. The topological polar surface area (TPSA) is 79.5 Å². The number of thiophene rings is 1. The van der Waals surface area contributed by atoms with Crippen molar-refractivity contribution in [2.75, 3.05) is 18.8 Å². The molecular formula is C13H15N3O2S. The number of anilines is 1. The molecule has 0 bridgehead atoms. The Morgan fingerprint density at radius 1 is 1.63 bits per heavy atom. The molecule has 1 fully saturated rings. The van der Waals surface area contributed by atoms with Gasteiger partial charge in [0.2, 0.25) is 0 Å². The lowest BCUT2D eigenvalue weighted by atomic mass is 10.1. The third-order valence-electron chi connectivity index (χ3n) is 3.42. The number of likely N-dealkylation sites (tertiary alicyclic amines) is 1. The number of hydrogen-bond donors (Lipinski definition) is 2. The van der Waals surface area contributed by atoms with Crippen LogP contribution in [0.4, 0.5) is 5.69 Å². The van der Waals surface area contributed by atoms with Crippen molar-refractivity contribution in [3.05, 3.63) is 23.2 Å². The number of hydrogen-bond acceptors (Lipinski definition) is 5. The molecule has 0 aliphatic carbocycles. The SMILES string of the molecule is CC1(O)CCN(C(=O)c2sc3cccnc3c2N)C1. The van der Waals surface area contributed by atoms with Crippen LogP contribution in [0.15, 0.2) is 18.3 Å². The standard InChI is InChI=1S/C13H15N3O2S/c1-13(18)4-6-16(7-13)12(17)11-9(14)10-8(19-11)3-2-5-15-10/h2-3,5,18H,4,6-7,14H2,1H3. The molecule has 3 heterocycles. The molecule has 6 heteroatoms. The van der Waals surface area contributed by atoms with Crippen LogP contribution < -0.4 is 5.73 Å². The minimum absolute atomic E-state index is 0.113. The molecule has 1 saturated heterocycles. The summed E-state index contributed by atoms with van der Waals surface area (Å²) in [6.45, 7) is 2.66. The monoisotopic (exact) mass is 277 g/mol. The van der Waals surface area contributed by atoms with Crippen LogP contribution in [0.1, 0.15) is 23.0 Å². The van der Waals surface area contributed by atoms with Gasteiger partial charge in [0.25, 0.3) is 5.91 Å². The van der Waals surface area contributed by atoms with Crippen LogP contribution in [0.3, 0.4) is 0 Å². The van der Waals surface area contributed by atoms with E-state index in [0.717, 1.165) is 4.70 Å². The normalized spacial score (nSPS) is 23.2. The highest BCUT2D eigenvalue weighted by Crippen LogP contribution is 2.34. The summed E-state index contributed by atoms with van der Waals surface area (Å²) in [4.78, 5) is 18.8. The Morgan fingerprint density at radius 3 is 3.05 bits per heavy atom. The summed E-state index contributed by atoms with van der Waals surface area (Å²) in [6, 6.07) is 3.73. The number of nitrogens with zero attached hydrogens (tertiary/aromatic N) is 2. The van der Waals surface area contributed by atoms with E-state index in [4.69, 9.17) is 5.73 Å². The molecule has 1 unspecified atom stereocenters. The quantitative estimate of drug-likeness (QED) is 0.827. The van der Waals surface area contributed by atoms with E-state index in [0.29, 0.717) is 35.6 Å². The van der Waals surface area contributed by atoms with E-state index in [-0.39, 0.29) is 5.91 Å². The number of aromatic nitrogens is 1. The molecule has 1 aliphatic heterocycles. The van der Waals surface area contributed by atoms with Crippen molar-refractivity contribution in [3.63, 3.8) is 0 Å². The molecular weight excluding hydrogens is 262 g/mol. The van der Waals surface area contributed by atoms with Gasteiger partial charge in [0, 0.05) is 19.3 Å². The van der Waals surface area contributed by atoms with E-state index in [9.17, 15) is 9.90 Å². The van der Waals surface area contributed by atoms with Crippen molar-refractivity contribution in [2.24, 2.45) is 0 Å². The zero-order chi connectivity index (χ0) is 13.6. The molecule has 0 spiro atoms. The van der Waals surface area contributed by atoms with Crippen molar-refractivity contribution < 1.29 is 9.90 Å². The van der Waals surface area contributed by atoms with Gasteiger partial charge in [-0.1, -0.05) is 0 Å². The first-order valence-corrected chi connectivity index (χ1v) is 6.94. The van der Waals surface area contributed by atoms with Gasteiger partial charge in [-0.2, -0.15) is 0 Å². The van der Waals surface area contributed by atoms with Gasteiger partial charge in [-0.25, -0.2) is 0 Å². The Kier molecular flexibility index (Phi) is 2.72. The number of rotatable bonds is 1. The molecule has 1 aliphatic rings. The lowest BCUT2D eigenvalue weighted by Crippen LogP contribution is -2.33. The third-order valence-corrected chi connectivity index (χ3v) is 4.56. The largest absolute Gasteiger partial charge is 0.396 e. The summed E-state index contributed by atoms with van der Waals surface area (Å²) in [5, 5.41) is 9.94.